The van der Waals surface area contributed by atoms with Gasteiger partial charge in [-0.1, -0.05) is 43.4 Å². The number of urea groups is 1. The maximum atomic E-state index is 12.2. The van der Waals surface area contributed by atoms with Crippen LogP contribution in [-0.2, 0) is 6.61 Å². The fraction of sp³-hybridized carbons (Fsp3) is 0.318. The Morgan fingerprint density at radius 3 is 2.53 bits per heavy atom. The van der Waals surface area contributed by atoms with E-state index in [4.69, 9.17) is 9.47 Å². The molecule has 1 unspecified atom stereocenters. The van der Waals surface area contributed by atoms with E-state index in [0.717, 1.165) is 17.9 Å². The van der Waals surface area contributed by atoms with Crippen molar-refractivity contribution in [3.8, 4) is 11.5 Å². The van der Waals surface area contributed by atoms with Gasteiger partial charge in [0, 0.05) is 5.69 Å². The van der Waals surface area contributed by atoms with Crippen molar-refractivity contribution in [3.05, 3.63) is 59.1 Å². The molecule has 0 bridgehead atoms. The van der Waals surface area contributed by atoms with Gasteiger partial charge in [-0.05, 0) is 55.2 Å². The zero-order chi connectivity index (χ0) is 21.3. The lowest BCUT2D eigenvalue weighted by molar-refractivity contribution is 0.262. The van der Waals surface area contributed by atoms with Gasteiger partial charge in [-0.15, -0.1) is 10.2 Å². The molecule has 0 fully saturated rings. The first-order chi connectivity index (χ1) is 14.6. The molecule has 8 heteroatoms. The van der Waals surface area contributed by atoms with Gasteiger partial charge in [0.05, 0.1) is 6.61 Å². The molecule has 0 aliphatic carbocycles. The summed E-state index contributed by atoms with van der Waals surface area (Å²) in [5, 5.41) is 14.7. The molecule has 0 saturated heterocycles. The molecule has 0 aliphatic heterocycles. The van der Waals surface area contributed by atoms with Crippen LogP contribution < -0.4 is 20.1 Å². The average molecular weight is 427 g/mol. The molecule has 2 aromatic carbocycles. The molecule has 1 heterocycles. The number of para-hydroxylation sites is 1. The number of hydrogen-bond acceptors (Lipinski definition) is 6. The van der Waals surface area contributed by atoms with Gasteiger partial charge in [0.15, 0.2) is 5.01 Å². The third kappa shape index (κ3) is 5.93. The normalized spacial score (nSPS) is 11.6. The highest BCUT2D eigenvalue weighted by atomic mass is 32.1. The van der Waals surface area contributed by atoms with Gasteiger partial charge in [-0.2, -0.15) is 0 Å². The summed E-state index contributed by atoms with van der Waals surface area (Å²) in [4.78, 5) is 12.2. The van der Waals surface area contributed by atoms with Crippen LogP contribution in [0.15, 0.2) is 48.5 Å². The highest BCUT2D eigenvalue weighted by molar-refractivity contribution is 7.15. The van der Waals surface area contributed by atoms with Crippen LogP contribution in [0.25, 0.3) is 0 Å². The Morgan fingerprint density at radius 1 is 1.03 bits per heavy atom. The molecule has 30 heavy (non-hydrogen) atoms. The quantitative estimate of drug-likeness (QED) is 0.460. The van der Waals surface area contributed by atoms with E-state index >= 15 is 0 Å². The van der Waals surface area contributed by atoms with Gasteiger partial charge in [-0.3, -0.25) is 5.32 Å². The number of carbonyl (C=O) groups is 1. The van der Waals surface area contributed by atoms with Crippen molar-refractivity contribution in [2.75, 3.05) is 17.2 Å². The minimum Gasteiger partial charge on any atom is -0.494 e. The monoisotopic (exact) mass is 426 g/mol. The van der Waals surface area contributed by atoms with Crippen molar-refractivity contribution in [2.24, 2.45) is 0 Å². The first-order valence-corrected chi connectivity index (χ1v) is 10.8. The van der Waals surface area contributed by atoms with E-state index < -0.39 is 0 Å². The summed E-state index contributed by atoms with van der Waals surface area (Å²) >= 11 is 1.28. The van der Waals surface area contributed by atoms with Gasteiger partial charge in [0.1, 0.15) is 18.1 Å². The fourth-order valence-electron chi connectivity index (χ4n) is 2.80. The highest BCUT2D eigenvalue weighted by Crippen LogP contribution is 2.29. The Labute approximate surface area is 180 Å². The Hall–Kier alpha value is -3.13. The third-order valence-corrected chi connectivity index (χ3v) is 5.34. The Balaban J connectivity index is 1.53. The second kappa shape index (κ2) is 10.6. The minimum absolute atomic E-state index is 0.299. The summed E-state index contributed by atoms with van der Waals surface area (Å²) in [6.07, 6.45) is 1.04. The Morgan fingerprint density at radius 2 is 1.80 bits per heavy atom. The second-order valence-corrected chi connectivity index (χ2v) is 7.74. The molecule has 158 valence electrons. The number of nitrogens with zero attached hydrogens (tertiary/aromatic N) is 2. The van der Waals surface area contributed by atoms with Crippen LogP contribution in [-0.4, -0.2) is 22.8 Å². The minimum atomic E-state index is -0.384. The van der Waals surface area contributed by atoms with E-state index in [-0.39, 0.29) is 6.03 Å². The molecular formula is C22H26N4O3S. The molecule has 1 atom stereocenters. The van der Waals surface area contributed by atoms with Crippen LogP contribution in [0.4, 0.5) is 15.6 Å². The fourth-order valence-corrected chi connectivity index (χ4v) is 3.45. The third-order valence-electron chi connectivity index (χ3n) is 4.52. The summed E-state index contributed by atoms with van der Waals surface area (Å²) in [5.41, 5.74) is 1.84. The van der Waals surface area contributed by atoms with Gasteiger partial charge in [0.2, 0.25) is 5.13 Å². The molecule has 0 aliphatic rings. The summed E-state index contributed by atoms with van der Waals surface area (Å²) < 4.78 is 11.3. The molecule has 0 saturated carbocycles. The molecule has 7 nitrogen and oxygen atoms in total. The molecule has 3 aromatic rings. The second-order valence-electron chi connectivity index (χ2n) is 6.67. The molecule has 2 N–H and O–H groups in total. The predicted octanol–water partition coefficient (Wildman–Crippen LogP) is 5.67. The smallest absolute Gasteiger partial charge is 0.325 e. The van der Waals surface area contributed by atoms with Crippen LogP contribution in [0.3, 0.4) is 0 Å². The first kappa shape index (κ1) is 21.6. The van der Waals surface area contributed by atoms with Crippen molar-refractivity contribution >= 4 is 28.2 Å². The number of ether oxygens (including phenoxy) is 2. The lowest BCUT2D eigenvalue weighted by Gasteiger charge is -2.14. The number of rotatable bonds is 9. The van der Waals surface area contributed by atoms with Crippen LogP contribution in [0, 0.1) is 0 Å². The standard InChI is InChI=1S/C22H26N4O3S/c1-4-15(3)18-8-6-7-9-19(18)29-14-20-25-26-22(30-20)24-21(27)23-16-10-12-17(13-11-16)28-5-2/h6-13,15H,4-5,14H2,1-3H3,(H2,23,24,26,27). The molecule has 0 radical (unpaired) electrons. The largest absolute Gasteiger partial charge is 0.494 e. The lowest BCUT2D eigenvalue weighted by Crippen LogP contribution is -2.19. The summed E-state index contributed by atoms with van der Waals surface area (Å²) in [5.74, 6) is 2.02. The summed E-state index contributed by atoms with van der Waals surface area (Å²) in [6, 6.07) is 14.8. The van der Waals surface area contributed by atoms with Crippen molar-refractivity contribution in [1.29, 1.82) is 0 Å². The van der Waals surface area contributed by atoms with E-state index in [0.29, 0.717) is 35.0 Å². The number of anilines is 2. The maximum absolute atomic E-state index is 12.2. The highest BCUT2D eigenvalue weighted by Gasteiger charge is 2.12. The van der Waals surface area contributed by atoms with Gasteiger partial charge in [0.25, 0.3) is 0 Å². The summed E-state index contributed by atoms with van der Waals surface area (Å²) in [6.45, 7) is 7.15. The predicted molar refractivity (Wildman–Crippen MR) is 120 cm³/mol. The molecule has 3 rings (SSSR count). The maximum Gasteiger partial charge on any atom is 0.325 e. The van der Waals surface area contributed by atoms with Crippen LogP contribution >= 0.6 is 11.3 Å². The average Bonchev–Trinajstić information content (AvgIpc) is 3.20. The van der Waals surface area contributed by atoms with Crippen molar-refractivity contribution < 1.29 is 14.3 Å². The van der Waals surface area contributed by atoms with Crippen molar-refractivity contribution in [2.45, 2.75) is 39.7 Å². The van der Waals surface area contributed by atoms with E-state index in [1.54, 1.807) is 24.3 Å². The lowest BCUT2D eigenvalue weighted by atomic mass is 9.98. The number of carbonyl (C=O) groups excluding carboxylic acids is 1. The van der Waals surface area contributed by atoms with E-state index in [9.17, 15) is 4.79 Å². The van der Waals surface area contributed by atoms with E-state index in [2.05, 4.69) is 40.7 Å². The number of benzene rings is 2. The van der Waals surface area contributed by atoms with Gasteiger partial charge >= 0.3 is 6.03 Å². The number of aromatic nitrogens is 2. The van der Waals surface area contributed by atoms with Crippen molar-refractivity contribution in [3.63, 3.8) is 0 Å². The number of hydrogen-bond donors (Lipinski definition) is 2. The summed E-state index contributed by atoms with van der Waals surface area (Å²) in [7, 11) is 0. The Kier molecular flexibility index (Phi) is 7.62. The Bertz CT molecular complexity index is 959. The zero-order valence-corrected chi connectivity index (χ0v) is 18.2. The molecule has 2 amide bonds. The van der Waals surface area contributed by atoms with E-state index in [1.807, 2.05) is 25.1 Å². The van der Waals surface area contributed by atoms with Gasteiger partial charge < -0.3 is 14.8 Å². The number of nitrogens with one attached hydrogen (secondary N) is 2. The van der Waals surface area contributed by atoms with Gasteiger partial charge in [-0.25, -0.2) is 4.79 Å². The van der Waals surface area contributed by atoms with Crippen LogP contribution in [0.2, 0.25) is 0 Å². The zero-order valence-electron chi connectivity index (χ0n) is 17.3. The van der Waals surface area contributed by atoms with Crippen molar-refractivity contribution in [1.82, 2.24) is 10.2 Å². The molecule has 0 spiro atoms. The SMILES string of the molecule is CCOc1ccc(NC(=O)Nc2nnc(COc3ccccc3C(C)CC)s2)cc1. The number of amides is 2. The molecule has 1 aromatic heterocycles. The van der Waals surface area contributed by atoms with E-state index in [1.165, 1.54) is 16.9 Å². The van der Waals surface area contributed by atoms with Crippen LogP contribution in [0.1, 0.15) is 43.7 Å². The van der Waals surface area contributed by atoms with Crippen LogP contribution in [0.5, 0.6) is 11.5 Å². The molecular weight excluding hydrogens is 400 g/mol. The first-order valence-electron chi connectivity index (χ1n) is 9.94. The topological polar surface area (TPSA) is 85.4 Å².